The molecule has 0 fully saturated rings. The number of pyridine rings is 2. The summed E-state index contributed by atoms with van der Waals surface area (Å²) < 4.78 is 47.7. The smallest absolute Gasteiger partial charge is 0.497 e. The Kier molecular flexibility index (Phi) is 5.41. The summed E-state index contributed by atoms with van der Waals surface area (Å²) in [6.07, 6.45) is -1.44. The van der Waals surface area contributed by atoms with Gasteiger partial charge in [-0.1, -0.05) is 12.1 Å². The first-order valence-corrected chi connectivity index (χ1v) is 10.3. The van der Waals surface area contributed by atoms with Crippen LogP contribution in [0, 0.1) is 0 Å². The van der Waals surface area contributed by atoms with Crippen molar-refractivity contribution in [2.24, 2.45) is 0 Å². The van der Waals surface area contributed by atoms with Crippen LogP contribution in [0.2, 0.25) is 0 Å². The summed E-state index contributed by atoms with van der Waals surface area (Å²) in [6, 6.07) is 21.3. The molecule has 0 amide bonds. The largest absolute Gasteiger partial charge is 0.573 e. The fraction of sp³-hybridized carbons (Fsp3) is 0.0769. The van der Waals surface area contributed by atoms with Gasteiger partial charge in [-0.15, -0.1) is 13.2 Å². The Balaban J connectivity index is 1.55. The number of nitrogens with one attached hydrogen (secondary N) is 1. The third-order valence-corrected chi connectivity index (χ3v) is 5.30. The standard InChI is InChI=1S/C26H18F3N3O2/c1-33-21-13-18(16-4-6-23-17(11-16)3-2-9-30-23)12-19(14-21)32-25-8-10-31-24-7-5-20(15-22(24)25)34-26(27,28)29/h2-15H,1H3,(H,31,32). The highest BCUT2D eigenvalue weighted by Crippen LogP contribution is 2.34. The van der Waals surface area contributed by atoms with Gasteiger partial charge in [-0.3, -0.25) is 9.97 Å². The van der Waals surface area contributed by atoms with Gasteiger partial charge >= 0.3 is 6.36 Å². The molecule has 0 saturated carbocycles. The lowest BCUT2D eigenvalue weighted by molar-refractivity contribution is -0.274. The molecule has 1 N–H and O–H groups in total. The van der Waals surface area contributed by atoms with Crippen LogP contribution < -0.4 is 14.8 Å². The van der Waals surface area contributed by atoms with Crippen LogP contribution in [-0.4, -0.2) is 23.4 Å². The molecule has 0 bridgehead atoms. The number of methoxy groups -OCH3 is 1. The van der Waals surface area contributed by atoms with Crippen molar-refractivity contribution in [3.63, 3.8) is 0 Å². The molecule has 5 nitrogen and oxygen atoms in total. The number of benzene rings is 3. The molecule has 2 heterocycles. The van der Waals surface area contributed by atoms with Gasteiger partial charge in [-0.25, -0.2) is 0 Å². The number of aromatic nitrogens is 2. The molecule has 0 aliphatic rings. The quantitative estimate of drug-likeness (QED) is 0.303. The molecule has 0 radical (unpaired) electrons. The molecule has 3 aromatic carbocycles. The Bertz CT molecular complexity index is 1500. The zero-order valence-electron chi connectivity index (χ0n) is 17.9. The first-order chi connectivity index (χ1) is 16.4. The Morgan fingerprint density at radius 3 is 2.41 bits per heavy atom. The van der Waals surface area contributed by atoms with Crippen LogP contribution in [0.3, 0.4) is 0 Å². The maximum absolute atomic E-state index is 12.7. The lowest BCUT2D eigenvalue weighted by Gasteiger charge is -2.14. The van der Waals surface area contributed by atoms with E-state index in [-0.39, 0.29) is 5.75 Å². The van der Waals surface area contributed by atoms with Crippen molar-refractivity contribution < 1.29 is 22.6 Å². The van der Waals surface area contributed by atoms with Gasteiger partial charge in [0.15, 0.2) is 0 Å². The van der Waals surface area contributed by atoms with Gasteiger partial charge in [-0.05, 0) is 65.7 Å². The number of hydrogen-bond acceptors (Lipinski definition) is 5. The maximum Gasteiger partial charge on any atom is 0.573 e. The van der Waals surface area contributed by atoms with E-state index >= 15 is 0 Å². The minimum Gasteiger partial charge on any atom is -0.497 e. The number of ether oxygens (including phenoxy) is 2. The van der Waals surface area contributed by atoms with Gasteiger partial charge < -0.3 is 14.8 Å². The number of fused-ring (bicyclic) bond motifs is 2. The van der Waals surface area contributed by atoms with Crippen LogP contribution in [-0.2, 0) is 0 Å². The average molecular weight is 461 g/mol. The highest BCUT2D eigenvalue weighted by Gasteiger charge is 2.31. The van der Waals surface area contributed by atoms with Crippen molar-refractivity contribution in [3.05, 3.63) is 85.2 Å². The zero-order valence-corrected chi connectivity index (χ0v) is 17.9. The SMILES string of the molecule is COc1cc(Nc2ccnc3ccc(OC(F)(F)F)cc23)cc(-c2ccc3ncccc3c2)c1. The molecule has 2 aromatic heterocycles. The first kappa shape index (κ1) is 21.5. The molecule has 5 rings (SSSR count). The van der Waals surface area contributed by atoms with Gasteiger partial charge in [-0.2, -0.15) is 0 Å². The van der Waals surface area contributed by atoms with Crippen molar-refractivity contribution in [1.82, 2.24) is 9.97 Å². The lowest BCUT2D eigenvalue weighted by atomic mass is 10.0. The fourth-order valence-corrected chi connectivity index (χ4v) is 3.80. The molecule has 0 spiro atoms. The van der Waals surface area contributed by atoms with E-state index in [1.807, 2.05) is 48.5 Å². The van der Waals surface area contributed by atoms with Crippen LogP contribution in [0.1, 0.15) is 0 Å². The summed E-state index contributed by atoms with van der Waals surface area (Å²) >= 11 is 0. The molecule has 0 atom stereocenters. The van der Waals surface area contributed by atoms with Gasteiger partial charge in [0.1, 0.15) is 11.5 Å². The summed E-state index contributed by atoms with van der Waals surface area (Å²) in [4.78, 5) is 8.60. The number of nitrogens with zero attached hydrogens (tertiary/aromatic N) is 2. The van der Waals surface area contributed by atoms with E-state index < -0.39 is 6.36 Å². The van der Waals surface area contributed by atoms with Crippen LogP contribution >= 0.6 is 0 Å². The van der Waals surface area contributed by atoms with Gasteiger partial charge in [0.25, 0.3) is 0 Å². The van der Waals surface area contributed by atoms with E-state index in [0.717, 1.165) is 22.0 Å². The Morgan fingerprint density at radius 2 is 1.59 bits per heavy atom. The molecule has 0 unspecified atom stereocenters. The normalized spacial score (nSPS) is 11.5. The topological polar surface area (TPSA) is 56.3 Å². The number of hydrogen-bond donors (Lipinski definition) is 1. The lowest BCUT2D eigenvalue weighted by Crippen LogP contribution is -2.17. The van der Waals surface area contributed by atoms with E-state index in [4.69, 9.17) is 4.74 Å². The van der Waals surface area contributed by atoms with E-state index in [1.165, 1.54) is 18.2 Å². The summed E-state index contributed by atoms with van der Waals surface area (Å²) in [5.74, 6) is 0.317. The van der Waals surface area contributed by atoms with Gasteiger partial charge in [0.05, 0.1) is 18.1 Å². The van der Waals surface area contributed by atoms with Crippen molar-refractivity contribution in [3.8, 4) is 22.6 Å². The molecular formula is C26H18F3N3O2. The molecule has 5 aromatic rings. The first-order valence-electron chi connectivity index (χ1n) is 10.3. The van der Waals surface area contributed by atoms with Crippen molar-refractivity contribution >= 4 is 33.2 Å². The van der Waals surface area contributed by atoms with Gasteiger partial charge in [0.2, 0.25) is 0 Å². The number of rotatable bonds is 5. The molecule has 0 aliphatic carbocycles. The highest BCUT2D eigenvalue weighted by molar-refractivity contribution is 5.94. The third kappa shape index (κ3) is 4.56. The highest BCUT2D eigenvalue weighted by atomic mass is 19.4. The number of alkyl halides is 3. The fourth-order valence-electron chi connectivity index (χ4n) is 3.80. The maximum atomic E-state index is 12.7. The van der Waals surface area contributed by atoms with Crippen LogP contribution in [0.15, 0.2) is 85.2 Å². The van der Waals surface area contributed by atoms with E-state index in [2.05, 4.69) is 20.0 Å². The molecular weight excluding hydrogens is 443 g/mol. The second-order valence-electron chi connectivity index (χ2n) is 7.57. The van der Waals surface area contributed by atoms with Gasteiger partial charge in [0, 0.05) is 40.6 Å². The molecule has 34 heavy (non-hydrogen) atoms. The van der Waals surface area contributed by atoms with Crippen molar-refractivity contribution in [2.45, 2.75) is 6.36 Å². The van der Waals surface area contributed by atoms with E-state index in [1.54, 1.807) is 25.6 Å². The van der Waals surface area contributed by atoms with E-state index in [9.17, 15) is 13.2 Å². The second kappa shape index (κ2) is 8.55. The van der Waals surface area contributed by atoms with E-state index in [0.29, 0.717) is 28.0 Å². The van der Waals surface area contributed by atoms with Crippen LogP contribution in [0.5, 0.6) is 11.5 Å². The molecule has 8 heteroatoms. The number of halogens is 3. The zero-order chi connectivity index (χ0) is 23.7. The van der Waals surface area contributed by atoms with Crippen LogP contribution in [0.4, 0.5) is 24.5 Å². The van der Waals surface area contributed by atoms with Crippen molar-refractivity contribution in [1.29, 1.82) is 0 Å². The summed E-state index contributed by atoms with van der Waals surface area (Å²) in [5.41, 5.74) is 4.60. The molecule has 170 valence electrons. The Morgan fingerprint density at radius 1 is 0.765 bits per heavy atom. The summed E-state index contributed by atoms with van der Waals surface area (Å²) in [5, 5.41) is 4.79. The Labute approximate surface area is 192 Å². The monoisotopic (exact) mass is 461 g/mol. The Hall–Kier alpha value is -4.33. The third-order valence-electron chi connectivity index (χ3n) is 5.30. The van der Waals surface area contributed by atoms with Crippen LogP contribution in [0.25, 0.3) is 32.9 Å². The molecule has 0 saturated heterocycles. The van der Waals surface area contributed by atoms with Crippen molar-refractivity contribution in [2.75, 3.05) is 12.4 Å². The predicted octanol–water partition coefficient (Wildman–Crippen LogP) is 7.10. The summed E-state index contributed by atoms with van der Waals surface area (Å²) in [7, 11) is 1.58. The molecule has 0 aliphatic heterocycles. The average Bonchev–Trinajstić information content (AvgIpc) is 2.83. The minimum atomic E-state index is -4.78. The number of anilines is 2. The predicted molar refractivity (Wildman–Crippen MR) is 125 cm³/mol. The second-order valence-corrected chi connectivity index (χ2v) is 7.57. The minimum absolute atomic E-state index is 0.313. The summed E-state index contributed by atoms with van der Waals surface area (Å²) in [6.45, 7) is 0.